The van der Waals surface area contributed by atoms with Crippen LogP contribution in [-0.4, -0.2) is 41.3 Å². The Balaban J connectivity index is 1.24. The number of hydrogen-bond donors (Lipinski definition) is 1. The van der Waals surface area contributed by atoms with Gasteiger partial charge >= 0.3 is 0 Å². The van der Waals surface area contributed by atoms with E-state index in [2.05, 4.69) is 61.3 Å². The van der Waals surface area contributed by atoms with Crippen LogP contribution in [0.2, 0.25) is 0 Å². The number of thiazole rings is 1. The first-order valence-electron chi connectivity index (χ1n) is 12.7. The molecule has 3 heterocycles. The number of fused-ring (bicyclic) bond motifs is 2. The molecule has 7 heteroatoms. The van der Waals surface area contributed by atoms with Crippen LogP contribution in [0.3, 0.4) is 0 Å². The Morgan fingerprint density at radius 2 is 1.78 bits per heavy atom. The fourth-order valence-electron chi connectivity index (χ4n) is 5.13. The number of aromatic nitrogens is 1. The summed E-state index contributed by atoms with van der Waals surface area (Å²) in [6, 6.07) is 14.7. The predicted octanol–water partition coefficient (Wildman–Crippen LogP) is 5.44. The maximum Gasteiger partial charge on any atom is 0.240 e. The Hall–Kier alpha value is -3.03. The molecular weight excluding hydrogens is 468 g/mol. The van der Waals surface area contributed by atoms with E-state index in [-0.39, 0.29) is 17.2 Å². The van der Waals surface area contributed by atoms with Crippen molar-refractivity contribution in [1.82, 2.24) is 9.88 Å². The number of nitrogens with one attached hydrogen (secondary N) is 1. The third kappa shape index (κ3) is 5.37. The largest absolute Gasteiger partial charge is 0.312 e. The van der Waals surface area contributed by atoms with Gasteiger partial charge in [0.2, 0.25) is 11.8 Å². The Labute approximate surface area is 217 Å². The summed E-state index contributed by atoms with van der Waals surface area (Å²) < 4.78 is 0. The SMILES string of the molecule is Cc1sc(NC(=O)CN2CCc3ccccc3C2)nc1-c1ccc2c(c1)CCN2C(=O)CC(C)(C)C. The summed E-state index contributed by atoms with van der Waals surface area (Å²) in [4.78, 5) is 35.5. The minimum absolute atomic E-state index is 0.0309. The second kappa shape index (κ2) is 9.79. The molecule has 188 valence electrons. The van der Waals surface area contributed by atoms with E-state index in [9.17, 15) is 9.59 Å². The molecule has 5 rings (SSSR count). The first kappa shape index (κ1) is 24.7. The van der Waals surface area contributed by atoms with Crippen molar-refractivity contribution < 1.29 is 9.59 Å². The third-order valence-electron chi connectivity index (χ3n) is 6.85. The second-order valence-corrected chi connectivity index (χ2v) is 12.3. The van der Waals surface area contributed by atoms with Crippen molar-refractivity contribution in [3.05, 3.63) is 64.0 Å². The monoisotopic (exact) mass is 502 g/mol. The summed E-state index contributed by atoms with van der Waals surface area (Å²) in [7, 11) is 0. The summed E-state index contributed by atoms with van der Waals surface area (Å²) in [6.07, 6.45) is 2.36. The highest BCUT2D eigenvalue weighted by molar-refractivity contribution is 7.16. The number of carbonyl (C=O) groups excluding carboxylic acids is 2. The van der Waals surface area contributed by atoms with Crippen LogP contribution in [0.1, 0.15) is 48.8 Å². The molecule has 1 N–H and O–H groups in total. The normalized spacial score (nSPS) is 15.5. The topological polar surface area (TPSA) is 65.5 Å². The summed E-state index contributed by atoms with van der Waals surface area (Å²) in [5.74, 6) is 0.151. The molecule has 0 spiro atoms. The molecule has 0 saturated heterocycles. The van der Waals surface area contributed by atoms with Gasteiger partial charge in [0.25, 0.3) is 0 Å². The van der Waals surface area contributed by atoms with E-state index in [1.54, 1.807) is 0 Å². The Morgan fingerprint density at radius 3 is 2.56 bits per heavy atom. The minimum Gasteiger partial charge on any atom is -0.312 e. The molecule has 0 bridgehead atoms. The van der Waals surface area contributed by atoms with Gasteiger partial charge in [0, 0.05) is 42.2 Å². The van der Waals surface area contributed by atoms with Gasteiger partial charge < -0.3 is 10.2 Å². The molecule has 36 heavy (non-hydrogen) atoms. The average Bonchev–Trinajstić information content (AvgIpc) is 3.40. The summed E-state index contributed by atoms with van der Waals surface area (Å²) >= 11 is 1.51. The van der Waals surface area contributed by atoms with E-state index in [4.69, 9.17) is 4.98 Å². The van der Waals surface area contributed by atoms with Crippen LogP contribution in [0, 0.1) is 12.3 Å². The van der Waals surface area contributed by atoms with Crippen molar-refractivity contribution in [3.63, 3.8) is 0 Å². The average molecular weight is 503 g/mol. The Morgan fingerprint density at radius 1 is 1.03 bits per heavy atom. The molecule has 0 unspecified atom stereocenters. The molecule has 3 aromatic rings. The maximum atomic E-state index is 12.8. The molecule has 2 amide bonds. The second-order valence-electron chi connectivity index (χ2n) is 11.1. The van der Waals surface area contributed by atoms with Crippen LogP contribution >= 0.6 is 11.3 Å². The highest BCUT2D eigenvalue weighted by atomic mass is 32.1. The fraction of sp³-hybridized carbons (Fsp3) is 0.414. The summed E-state index contributed by atoms with van der Waals surface area (Å²) in [6.45, 7) is 11.1. The fourth-order valence-corrected chi connectivity index (χ4v) is 5.98. The van der Waals surface area contributed by atoms with Crippen LogP contribution in [-0.2, 0) is 29.0 Å². The minimum atomic E-state index is -0.0309. The molecule has 2 aliphatic heterocycles. The number of benzene rings is 2. The standard InChI is InChI=1S/C29H34N4O2S/c1-19-27(22-9-10-24-21(15-22)12-14-33(24)26(35)16-29(2,3)4)31-28(36-19)30-25(34)18-32-13-11-20-7-5-6-8-23(20)17-32/h5-10,15H,11-14,16-18H2,1-4H3,(H,30,31,34). The van der Waals surface area contributed by atoms with E-state index < -0.39 is 0 Å². The van der Waals surface area contributed by atoms with Gasteiger partial charge in [0.05, 0.1) is 12.2 Å². The van der Waals surface area contributed by atoms with E-state index in [1.807, 2.05) is 24.0 Å². The molecule has 2 aliphatic rings. The molecule has 2 aromatic carbocycles. The van der Waals surface area contributed by atoms with Crippen LogP contribution in [0.25, 0.3) is 11.3 Å². The number of rotatable bonds is 5. The van der Waals surface area contributed by atoms with Crippen molar-refractivity contribution in [2.75, 3.05) is 29.9 Å². The predicted molar refractivity (Wildman–Crippen MR) is 146 cm³/mol. The van der Waals surface area contributed by atoms with Crippen molar-refractivity contribution >= 4 is 34.0 Å². The van der Waals surface area contributed by atoms with Gasteiger partial charge in [-0.15, -0.1) is 11.3 Å². The van der Waals surface area contributed by atoms with Crippen LogP contribution in [0.4, 0.5) is 10.8 Å². The van der Waals surface area contributed by atoms with Gasteiger partial charge in [-0.2, -0.15) is 0 Å². The summed E-state index contributed by atoms with van der Waals surface area (Å²) in [5, 5.41) is 3.65. The lowest BCUT2D eigenvalue weighted by Crippen LogP contribution is -2.37. The van der Waals surface area contributed by atoms with E-state index in [1.165, 1.54) is 28.0 Å². The van der Waals surface area contributed by atoms with Gasteiger partial charge in [-0.25, -0.2) is 4.98 Å². The first-order valence-corrected chi connectivity index (χ1v) is 13.5. The number of carbonyl (C=O) groups is 2. The molecule has 0 saturated carbocycles. The number of hydrogen-bond acceptors (Lipinski definition) is 5. The highest BCUT2D eigenvalue weighted by Gasteiger charge is 2.28. The number of anilines is 2. The van der Waals surface area contributed by atoms with Crippen molar-refractivity contribution in [2.24, 2.45) is 5.41 Å². The van der Waals surface area contributed by atoms with Gasteiger partial charge in [-0.05, 0) is 54.0 Å². The smallest absolute Gasteiger partial charge is 0.240 e. The lowest BCUT2D eigenvalue weighted by molar-refractivity contribution is -0.120. The zero-order valence-corrected chi connectivity index (χ0v) is 22.4. The third-order valence-corrected chi connectivity index (χ3v) is 7.74. The zero-order chi connectivity index (χ0) is 25.4. The van der Waals surface area contributed by atoms with Crippen LogP contribution < -0.4 is 10.2 Å². The van der Waals surface area contributed by atoms with Gasteiger partial charge in [-0.3, -0.25) is 14.5 Å². The Kier molecular flexibility index (Phi) is 6.70. The summed E-state index contributed by atoms with van der Waals surface area (Å²) in [5.41, 5.74) is 6.77. The quantitative estimate of drug-likeness (QED) is 0.505. The molecule has 0 radical (unpaired) electrons. The maximum absolute atomic E-state index is 12.8. The molecule has 0 fully saturated rings. The van der Waals surface area contributed by atoms with Crippen LogP contribution in [0.15, 0.2) is 42.5 Å². The van der Waals surface area contributed by atoms with E-state index in [0.29, 0.717) is 18.1 Å². The van der Waals surface area contributed by atoms with Crippen LogP contribution in [0.5, 0.6) is 0 Å². The van der Waals surface area contributed by atoms with E-state index >= 15 is 0 Å². The van der Waals surface area contributed by atoms with Gasteiger partial charge in [-0.1, -0.05) is 51.1 Å². The number of amides is 2. The number of nitrogens with zero attached hydrogens (tertiary/aromatic N) is 3. The van der Waals surface area contributed by atoms with Gasteiger partial charge in [0.1, 0.15) is 0 Å². The Bertz CT molecular complexity index is 1310. The van der Waals surface area contributed by atoms with Crippen molar-refractivity contribution in [2.45, 2.75) is 53.5 Å². The van der Waals surface area contributed by atoms with Gasteiger partial charge in [0.15, 0.2) is 5.13 Å². The molecule has 0 aliphatic carbocycles. The highest BCUT2D eigenvalue weighted by Crippen LogP contribution is 2.36. The van der Waals surface area contributed by atoms with E-state index in [0.717, 1.165) is 54.3 Å². The molecule has 6 nitrogen and oxygen atoms in total. The lowest BCUT2D eigenvalue weighted by atomic mass is 9.91. The molecular formula is C29H34N4O2S. The lowest BCUT2D eigenvalue weighted by Gasteiger charge is -2.27. The van der Waals surface area contributed by atoms with Crippen molar-refractivity contribution in [1.29, 1.82) is 0 Å². The first-order chi connectivity index (χ1) is 17.2. The van der Waals surface area contributed by atoms with Crippen molar-refractivity contribution in [3.8, 4) is 11.3 Å². The zero-order valence-electron chi connectivity index (χ0n) is 21.6. The molecule has 1 aromatic heterocycles. The number of aryl methyl sites for hydroxylation is 1. The molecule has 0 atom stereocenters.